The maximum Gasteiger partial charge on any atom is 0.264 e. The van der Waals surface area contributed by atoms with E-state index < -0.39 is 21.7 Å². The number of sulfonamides is 1. The van der Waals surface area contributed by atoms with Crippen LogP contribution in [0.25, 0.3) is 0 Å². The Morgan fingerprint density at radius 2 is 1.67 bits per heavy atom. The molecule has 0 aromatic heterocycles. The molecule has 0 atom stereocenters. The Labute approximate surface area is 177 Å². The molecule has 3 rings (SSSR count). The number of likely N-dealkylation sites (tertiary alicyclic amines) is 1. The van der Waals surface area contributed by atoms with E-state index in [1.54, 1.807) is 18.2 Å². The minimum Gasteiger partial charge on any atom is -0.354 e. The van der Waals surface area contributed by atoms with Crippen molar-refractivity contribution in [3.63, 3.8) is 0 Å². The quantitative estimate of drug-likeness (QED) is 0.617. The maximum atomic E-state index is 13.3. The third-order valence-electron chi connectivity index (χ3n) is 5.15. The second kappa shape index (κ2) is 10.5. The molecule has 162 valence electrons. The Hall–Kier alpha value is -2.45. The molecule has 2 aromatic rings. The minimum absolute atomic E-state index is 0.0761. The van der Waals surface area contributed by atoms with Crippen LogP contribution in [0.1, 0.15) is 25.7 Å². The van der Waals surface area contributed by atoms with Crippen LogP contribution in [-0.2, 0) is 14.8 Å². The molecule has 30 heavy (non-hydrogen) atoms. The molecule has 6 nitrogen and oxygen atoms in total. The molecule has 2 aromatic carbocycles. The topological polar surface area (TPSA) is 69.7 Å². The Morgan fingerprint density at radius 1 is 1.00 bits per heavy atom. The number of rotatable bonds is 9. The van der Waals surface area contributed by atoms with Crippen LogP contribution in [-0.4, -0.2) is 51.9 Å². The summed E-state index contributed by atoms with van der Waals surface area (Å²) in [6.45, 7) is 3.23. The molecule has 8 heteroatoms. The van der Waals surface area contributed by atoms with Gasteiger partial charge in [0, 0.05) is 6.54 Å². The first-order chi connectivity index (χ1) is 14.5. The summed E-state index contributed by atoms with van der Waals surface area (Å²) in [6, 6.07) is 13.0. The molecule has 0 aliphatic carbocycles. The van der Waals surface area contributed by atoms with Gasteiger partial charge in [-0.25, -0.2) is 12.8 Å². The van der Waals surface area contributed by atoms with Crippen molar-refractivity contribution in [2.24, 2.45) is 0 Å². The molecular weight excluding hydrogens is 405 g/mol. The van der Waals surface area contributed by atoms with Gasteiger partial charge in [0.2, 0.25) is 5.91 Å². The van der Waals surface area contributed by atoms with Gasteiger partial charge in [0.05, 0.1) is 10.6 Å². The van der Waals surface area contributed by atoms with Crippen LogP contribution in [0.15, 0.2) is 59.5 Å². The van der Waals surface area contributed by atoms with Crippen molar-refractivity contribution in [3.8, 4) is 0 Å². The van der Waals surface area contributed by atoms with Gasteiger partial charge in [-0.05, 0) is 75.3 Å². The number of amides is 1. The molecule has 1 aliphatic rings. The molecule has 1 heterocycles. The van der Waals surface area contributed by atoms with Gasteiger partial charge in [0.25, 0.3) is 10.0 Å². The molecule has 0 spiro atoms. The number of hydrogen-bond acceptors (Lipinski definition) is 4. The summed E-state index contributed by atoms with van der Waals surface area (Å²) in [5, 5.41) is 2.81. The van der Waals surface area contributed by atoms with Crippen molar-refractivity contribution < 1.29 is 17.6 Å². The van der Waals surface area contributed by atoms with Gasteiger partial charge in [-0.3, -0.25) is 9.10 Å². The summed E-state index contributed by atoms with van der Waals surface area (Å²) >= 11 is 0. The van der Waals surface area contributed by atoms with Gasteiger partial charge >= 0.3 is 0 Å². The van der Waals surface area contributed by atoms with E-state index >= 15 is 0 Å². The number of piperidine rings is 1. The number of nitrogens with one attached hydrogen (secondary N) is 1. The van der Waals surface area contributed by atoms with Crippen LogP contribution < -0.4 is 9.62 Å². The first-order valence-corrected chi connectivity index (χ1v) is 11.7. The van der Waals surface area contributed by atoms with Gasteiger partial charge in [-0.1, -0.05) is 24.6 Å². The van der Waals surface area contributed by atoms with Gasteiger partial charge < -0.3 is 10.2 Å². The normalized spacial score (nSPS) is 15.0. The van der Waals surface area contributed by atoms with E-state index in [1.807, 2.05) is 0 Å². The summed E-state index contributed by atoms with van der Waals surface area (Å²) in [4.78, 5) is 15.0. The van der Waals surface area contributed by atoms with Crippen molar-refractivity contribution in [3.05, 3.63) is 60.4 Å². The monoisotopic (exact) mass is 433 g/mol. The Balaban J connectivity index is 1.65. The fourth-order valence-corrected chi connectivity index (χ4v) is 4.98. The number of nitrogens with zero attached hydrogens (tertiary/aromatic N) is 2. The molecule has 1 fully saturated rings. The van der Waals surface area contributed by atoms with E-state index in [-0.39, 0.29) is 17.1 Å². The van der Waals surface area contributed by atoms with E-state index in [9.17, 15) is 17.6 Å². The largest absolute Gasteiger partial charge is 0.354 e. The lowest BCUT2D eigenvalue weighted by molar-refractivity contribution is -0.119. The zero-order chi connectivity index (χ0) is 21.4. The lowest BCUT2D eigenvalue weighted by Crippen LogP contribution is -2.41. The van der Waals surface area contributed by atoms with Crippen LogP contribution >= 0.6 is 0 Å². The minimum atomic E-state index is -3.97. The SMILES string of the molecule is O=C(CN(c1ccc(F)cc1)S(=O)(=O)c1ccccc1)NCCCN1CCCCC1. The van der Waals surface area contributed by atoms with E-state index in [1.165, 1.54) is 55.7 Å². The predicted molar refractivity (Wildman–Crippen MR) is 115 cm³/mol. The number of halogens is 1. The number of benzene rings is 2. The average Bonchev–Trinajstić information content (AvgIpc) is 2.77. The van der Waals surface area contributed by atoms with Crippen LogP contribution in [0.4, 0.5) is 10.1 Å². The third kappa shape index (κ3) is 6.03. The highest BCUT2D eigenvalue weighted by Crippen LogP contribution is 2.23. The second-order valence-corrected chi connectivity index (χ2v) is 9.27. The van der Waals surface area contributed by atoms with Crippen LogP contribution in [0, 0.1) is 5.82 Å². The van der Waals surface area contributed by atoms with Crippen LogP contribution in [0.2, 0.25) is 0 Å². The van der Waals surface area contributed by atoms with Gasteiger partial charge in [0.1, 0.15) is 12.4 Å². The predicted octanol–water partition coefficient (Wildman–Crippen LogP) is 3.01. The smallest absolute Gasteiger partial charge is 0.264 e. The van der Waals surface area contributed by atoms with Crippen molar-refractivity contribution in [1.82, 2.24) is 10.2 Å². The zero-order valence-electron chi connectivity index (χ0n) is 17.0. The lowest BCUT2D eigenvalue weighted by atomic mass is 10.1. The molecule has 0 unspecified atom stereocenters. The molecule has 1 aliphatic heterocycles. The Kier molecular flexibility index (Phi) is 7.81. The first kappa shape index (κ1) is 22.2. The first-order valence-electron chi connectivity index (χ1n) is 10.3. The fraction of sp³-hybridized carbons (Fsp3) is 0.409. The summed E-state index contributed by atoms with van der Waals surface area (Å²) in [6.07, 6.45) is 4.53. The number of carbonyl (C=O) groups excluding carboxylic acids is 1. The number of anilines is 1. The van der Waals surface area contributed by atoms with Crippen molar-refractivity contribution in [2.45, 2.75) is 30.6 Å². The highest BCUT2D eigenvalue weighted by molar-refractivity contribution is 7.92. The lowest BCUT2D eigenvalue weighted by Gasteiger charge is -2.26. The third-order valence-corrected chi connectivity index (χ3v) is 6.94. The standard InChI is InChI=1S/C22H28FN3O3S/c23-19-10-12-20(13-11-19)26(30(28,29)21-8-3-1-4-9-21)18-22(27)24-14-7-17-25-15-5-2-6-16-25/h1,3-4,8-13H,2,5-7,14-18H2,(H,24,27). The maximum absolute atomic E-state index is 13.3. The highest BCUT2D eigenvalue weighted by atomic mass is 32.2. The molecule has 1 amide bonds. The fourth-order valence-electron chi connectivity index (χ4n) is 3.54. The summed E-state index contributed by atoms with van der Waals surface area (Å²) < 4.78 is 40.6. The van der Waals surface area contributed by atoms with Crippen molar-refractivity contribution in [2.75, 3.05) is 37.0 Å². The van der Waals surface area contributed by atoms with Gasteiger partial charge in [-0.15, -0.1) is 0 Å². The molecular formula is C22H28FN3O3S. The van der Waals surface area contributed by atoms with E-state index in [2.05, 4.69) is 10.2 Å². The van der Waals surface area contributed by atoms with Gasteiger partial charge in [-0.2, -0.15) is 0 Å². The molecule has 0 saturated carbocycles. The van der Waals surface area contributed by atoms with E-state index in [4.69, 9.17) is 0 Å². The Morgan fingerprint density at radius 3 is 2.33 bits per heavy atom. The molecule has 0 bridgehead atoms. The summed E-state index contributed by atoms with van der Waals surface area (Å²) in [7, 11) is -3.97. The number of carbonyl (C=O) groups is 1. The van der Waals surface area contributed by atoms with Crippen LogP contribution in [0.5, 0.6) is 0 Å². The van der Waals surface area contributed by atoms with Gasteiger partial charge in [0.15, 0.2) is 0 Å². The number of hydrogen-bond donors (Lipinski definition) is 1. The van der Waals surface area contributed by atoms with Crippen LogP contribution in [0.3, 0.4) is 0 Å². The Bertz CT molecular complexity index is 914. The van der Waals surface area contributed by atoms with Crippen molar-refractivity contribution in [1.29, 1.82) is 0 Å². The molecule has 1 saturated heterocycles. The average molecular weight is 434 g/mol. The molecule has 1 N–H and O–H groups in total. The summed E-state index contributed by atoms with van der Waals surface area (Å²) in [5.41, 5.74) is 0.240. The van der Waals surface area contributed by atoms with E-state index in [0.29, 0.717) is 6.54 Å². The van der Waals surface area contributed by atoms with E-state index in [0.717, 1.165) is 30.4 Å². The second-order valence-electron chi connectivity index (χ2n) is 7.41. The molecule has 0 radical (unpaired) electrons. The summed E-state index contributed by atoms with van der Waals surface area (Å²) in [5.74, 6) is -0.865. The van der Waals surface area contributed by atoms with Crippen molar-refractivity contribution >= 4 is 21.6 Å². The zero-order valence-corrected chi connectivity index (χ0v) is 17.8. The highest BCUT2D eigenvalue weighted by Gasteiger charge is 2.27.